The van der Waals surface area contributed by atoms with E-state index in [4.69, 9.17) is 11.6 Å². The summed E-state index contributed by atoms with van der Waals surface area (Å²) in [5, 5.41) is 16.6. The molecule has 0 radical (unpaired) electrons. The van der Waals surface area contributed by atoms with E-state index < -0.39 is 28.4 Å². The summed E-state index contributed by atoms with van der Waals surface area (Å²) >= 11 is 12.3. The average Bonchev–Trinajstić information content (AvgIpc) is 2.93. The highest BCUT2D eigenvalue weighted by Crippen LogP contribution is 2.36. The summed E-state index contributed by atoms with van der Waals surface area (Å²) in [6.45, 7) is 1.35. The first-order valence-corrected chi connectivity index (χ1v) is 9.44. The summed E-state index contributed by atoms with van der Waals surface area (Å²) in [6, 6.07) is 3.08. The zero-order valence-corrected chi connectivity index (χ0v) is 17.9. The Labute approximate surface area is 181 Å². The predicted octanol–water partition coefficient (Wildman–Crippen LogP) is 5.40. The third-order valence-corrected chi connectivity index (χ3v) is 5.24. The van der Waals surface area contributed by atoms with Gasteiger partial charge in [0.2, 0.25) is 0 Å². The van der Waals surface area contributed by atoms with E-state index >= 15 is 0 Å². The molecule has 0 atom stereocenters. The maximum atomic E-state index is 13.3. The van der Waals surface area contributed by atoms with Crippen LogP contribution in [-0.2, 0) is 6.18 Å². The Kier molecular flexibility index (Phi) is 5.58. The standard InChI is InChI=1S/C15H7Br2ClF3N5O3/c1-5-2-9(15(19,20)21)25-13(22-5)10(18)12(24-25)14(27)23-11-7(16)3-6(26(28)29)4-8(11)17/h2-4H,1H3,(H,23,27). The largest absolute Gasteiger partial charge is 0.433 e. The quantitative estimate of drug-likeness (QED) is 0.344. The minimum Gasteiger partial charge on any atom is -0.319 e. The molecule has 0 aliphatic carbocycles. The fourth-order valence-electron chi connectivity index (χ4n) is 2.42. The first kappa shape index (κ1) is 21.5. The van der Waals surface area contributed by atoms with Crippen molar-refractivity contribution in [1.82, 2.24) is 14.6 Å². The maximum Gasteiger partial charge on any atom is 0.433 e. The number of halogens is 6. The molecule has 3 rings (SSSR count). The number of hydrogen-bond donors (Lipinski definition) is 1. The smallest absolute Gasteiger partial charge is 0.319 e. The van der Waals surface area contributed by atoms with Crippen molar-refractivity contribution in [1.29, 1.82) is 0 Å². The summed E-state index contributed by atoms with van der Waals surface area (Å²) in [6.07, 6.45) is -4.75. The molecular formula is C15H7Br2ClF3N5O3. The van der Waals surface area contributed by atoms with E-state index in [1.54, 1.807) is 0 Å². The molecule has 14 heteroatoms. The number of benzene rings is 1. The van der Waals surface area contributed by atoms with E-state index in [9.17, 15) is 28.1 Å². The van der Waals surface area contributed by atoms with Gasteiger partial charge in [-0.2, -0.15) is 18.3 Å². The van der Waals surface area contributed by atoms with Gasteiger partial charge in [-0.3, -0.25) is 14.9 Å². The van der Waals surface area contributed by atoms with Crippen LogP contribution in [0.2, 0.25) is 5.02 Å². The predicted molar refractivity (Wildman–Crippen MR) is 104 cm³/mol. The molecule has 3 aromatic rings. The van der Waals surface area contributed by atoms with Gasteiger partial charge in [-0.05, 0) is 44.8 Å². The molecule has 0 fully saturated rings. The molecule has 0 saturated heterocycles. The van der Waals surface area contributed by atoms with Crippen LogP contribution in [0.3, 0.4) is 0 Å². The van der Waals surface area contributed by atoms with Crippen molar-refractivity contribution < 1.29 is 22.9 Å². The van der Waals surface area contributed by atoms with Crippen molar-refractivity contribution >= 4 is 66.4 Å². The number of fused-ring (bicyclic) bond motifs is 1. The second-order valence-electron chi connectivity index (χ2n) is 5.67. The van der Waals surface area contributed by atoms with E-state index in [1.807, 2.05) is 0 Å². The number of rotatable bonds is 3. The summed E-state index contributed by atoms with van der Waals surface area (Å²) in [4.78, 5) is 26.8. The number of carbonyl (C=O) groups is 1. The first-order valence-electron chi connectivity index (χ1n) is 7.48. The number of nitro groups is 1. The molecule has 0 aliphatic heterocycles. The van der Waals surface area contributed by atoms with Gasteiger partial charge in [-0.25, -0.2) is 9.50 Å². The number of aromatic nitrogens is 3. The molecule has 0 spiro atoms. The van der Waals surface area contributed by atoms with Gasteiger partial charge in [-0.15, -0.1) is 0 Å². The molecule has 0 saturated carbocycles. The van der Waals surface area contributed by atoms with Crippen molar-refractivity contribution in [3.8, 4) is 0 Å². The molecule has 1 N–H and O–H groups in total. The van der Waals surface area contributed by atoms with E-state index in [0.29, 0.717) is 4.52 Å². The van der Waals surface area contributed by atoms with Crippen LogP contribution in [-0.4, -0.2) is 25.4 Å². The minimum absolute atomic E-state index is 0.0411. The van der Waals surface area contributed by atoms with Crippen molar-refractivity contribution in [2.45, 2.75) is 13.1 Å². The van der Waals surface area contributed by atoms with E-state index in [0.717, 1.165) is 18.2 Å². The van der Waals surface area contributed by atoms with Crippen LogP contribution < -0.4 is 5.32 Å². The van der Waals surface area contributed by atoms with Crippen molar-refractivity contribution in [2.75, 3.05) is 5.32 Å². The Balaban J connectivity index is 2.07. The van der Waals surface area contributed by atoms with Crippen LogP contribution >= 0.6 is 43.5 Å². The molecule has 29 heavy (non-hydrogen) atoms. The van der Waals surface area contributed by atoms with Crippen LogP contribution in [0.15, 0.2) is 27.1 Å². The van der Waals surface area contributed by atoms with Crippen molar-refractivity contribution in [3.05, 3.63) is 59.4 Å². The van der Waals surface area contributed by atoms with Crippen LogP contribution in [0.5, 0.6) is 0 Å². The van der Waals surface area contributed by atoms with Gasteiger partial charge in [0, 0.05) is 26.8 Å². The van der Waals surface area contributed by atoms with E-state index in [2.05, 4.69) is 47.3 Å². The molecule has 1 aromatic carbocycles. The number of alkyl halides is 3. The van der Waals surface area contributed by atoms with Crippen molar-refractivity contribution in [2.24, 2.45) is 0 Å². The molecule has 0 bridgehead atoms. The molecule has 2 heterocycles. The molecule has 0 unspecified atom stereocenters. The van der Waals surface area contributed by atoms with Gasteiger partial charge in [0.05, 0.1) is 10.6 Å². The Morgan fingerprint density at radius 3 is 2.38 bits per heavy atom. The van der Waals surface area contributed by atoms with Crippen LogP contribution in [0.4, 0.5) is 24.5 Å². The number of non-ortho nitro benzene ring substituents is 1. The Hall–Kier alpha value is -2.25. The SMILES string of the molecule is Cc1cc(C(F)(F)F)n2nc(C(=O)Nc3c(Br)cc([N+](=O)[O-])cc3Br)c(Cl)c2n1. The second-order valence-corrected chi connectivity index (χ2v) is 7.76. The zero-order chi connectivity index (χ0) is 21.7. The van der Waals surface area contributed by atoms with Gasteiger partial charge >= 0.3 is 6.18 Å². The van der Waals surface area contributed by atoms with Crippen LogP contribution in [0.25, 0.3) is 5.65 Å². The summed E-state index contributed by atoms with van der Waals surface area (Å²) in [5.41, 5.74) is -2.06. The Bertz CT molecular complexity index is 1160. The van der Waals surface area contributed by atoms with Crippen LogP contribution in [0.1, 0.15) is 21.9 Å². The fourth-order valence-corrected chi connectivity index (χ4v) is 4.02. The van der Waals surface area contributed by atoms with E-state index in [1.165, 1.54) is 6.92 Å². The van der Waals surface area contributed by atoms with Gasteiger partial charge in [0.25, 0.3) is 11.6 Å². The molecule has 152 valence electrons. The lowest BCUT2D eigenvalue weighted by Crippen LogP contribution is -2.16. The van der Waals surface area contributed by atoms with Gasteiger partial charge < -0.3 is 5.32 Å². The monoisotopic (exact) mass is 555 g/mol. The fraction of sp³-hybridized carbons (Fsp3) is 0.133. The molecule has 1 amide bonds. The van der Waals surface area contributed by atoms with Gasteiger partial charge in [-0.1, -0.05) is 11.6 Å². The molecular weight excluding hydrogens is 550 g/mol. The zero-order valence-electron chi connectivity index (χ0n) is 14.0. The topological polar surface area (TPSA) is 102 Å². The van der Waals surface area contributed by atoms with Crippen molar-refractivity contribution in [3.63, 3.8) is 0 Å². The number of carbonyl (C=O) groups excluding carboxylic acids is 1. The maximum absolute atomic E-state index is 13.3. The van der Waals surface area contributed by atoms with Gasteiger partial charge in [0.1, 0.15) is 10.7 Å². The number of amides is 1. The number of nitrogens with one attached hydrogen (secondary N) is 1. The number of nitrogens with zero attached hydrogens (tertiary/aromatic N) is 4. The average molecular weight is 558 g/mol. The molecule has 8 nitrogen and oxygen atoms in total. The Morgan fingerprint density at radius 2 is 1.86 bits per heavy atom. The highest BCUT2D eigenvalue weighted by molar-refractivity contribution is 9.11. The molecule has 0 aliphatic rings. The highest BCUT2D eigenvalue weighted by Gasteiger charge is 2.36. The minimum atomic E-state index is -4.75. The number of aryl methyl sites for hydroxylation is 1. The summed E-state index contributed by atoms with van der Waals surface area (Å²) in [5.74, 6) is -0.929. The number of nitro benzene ring substituents is 1. The number of hydrogen-bond acceptors (Lipinski definition) is 5. The lowest BCUT2D eigenvalue weighted by Gasteiger charge is -2.09. The van der Waals surface area contributed by atoms with Crippen LogP contribution in [0, 0.1) is 17.0 Å². The van der Waals surface area contributed by atoms with Gasteiger partial charge in [0.15, 0.2) is 11.3 Å². The Morgan fingerprint density at radius 1 is 1.28 bits per heavy atom. The van der Waals surface area contributed by atoms with E-state index in [-0.39, 0.29) is 36.7 Å². The first-order chi connectivity index (χ1) is 13.4. The lowest BCUT2D eigenvalue weighted by atomic mass is 10.2. The second kappa shape index (κ2) is 7.54. The lowest BCUT2D eigenvalue weighted by molar-refractivity contribution is -0.385. The number of anilines is 1. The highest BCUT2D eigenvalue weighted by atomic mass is 79.9. The summed E-state index contributed by atoms with van der Waals surface area (Å²) in [7, 11) is 0. The molecule has 2 aromatic heterocycles. The third-order valence-electron chi connectivity index (χ3n) is 3.64. The third kappa shape index (κ3) is 4.07. The normalized spacial score (nSPS) is 11.7. The summed E-state index contributed by atoms with van der Waals surface area (Å²) < 4.78 is 40.7.